The Morgan fingerprint density at radius 1 is 1.13 bits per heavy atom. The van der Waals surface area contributed by atoms with Crippen LogP contribution in [0.2, 0.25) is 0 Å². The van der Waals surface area contributed by atoms with Crippen LogP contribution in [0.1, 0.15) is 35.3 Å². The van der Waals surface area contributed by atoms with Gasteiger partial charge in [0.1, 0.15) is 11.8 Å². The van der Waals surface area contributed by atoms with Gasteiger partial charge in [0.25, 0.3) is 0 Å². The van der Waals surface area contributed by atoms with Gasteiger partial charge >= 0.3 is 5.97 Å². The van der Waals surface area contributed by atoms with Crippen molar-refractivity contribution in [1.82, 2.24) is 0 Å². The Morgan fingerprint density at radius 2 is 1.81 bits per heavy atom. The second-order valence-electron chi connectivity index (χ2n) is 7.15. The lowest BCUT2D eigenvalue weighted by Gasteiger charge is -2.29. The first-order chi connectivity index (χ1) is 14.5. The van der Waals surface area contributed by atoms with Crippen LogP contribution >= 0.6 is 0 Å². The fourth-order valence-electron chi connectivity index (χ4n) is 3.14. The quantitative estimate of drug-likeness (QED) is 0.622. The van der Waals surface area contributed by atoms with Crippen LogP contribution in [0.3, 0.4) is 0 Å². The molecule has 0 unspecified atom stereocenters. The zero-order valence-electron chi connectivity index (χ0n) is 18.6. The van der Waals surface area contributed by atoms with Crippen molar-refractivity contribution in [3.63, 3.8) is 0 Å². The molecule has 1 amide bonds. The van der Waals surface area contributed by atoms with E-state index in [1.807, 2.05) is 6.92 Å². The van der Waals surface area contributed by atoms with Crippen LogP contribution in [-0.4, -0.2) is 46.3 Å². The fourth-order valence-corrected chi connectivity index (χ4v) is 4.31. The smallest absolute Gasteiger partial charge is 0.338 e. The minimum absolute atomic E-state index is 0.262. The lowest BCUT2D eigenvalue weighted by Crippen LogP contribution is -2.45. The summed E-state index contributed by atoms with van der Waals surface area (Å²) < 4.78 is 36.5. The van der Waals surface area contributed by atoms with Crippen LogP contribution in [0, 0.1) is 13.8 Å². The Balaban J connectivity index is 2.35. The molecule has 0 aliphatic carbocycles. The molecule has 0 saturated heterocycles. The molecule has 9 heteroatoms. The van der Waals surface area contributed by atoms with E-state index in [4.69, 9.17) is 9.47 Å². The molecule has 0 heterocycles. The van der Waals surface area contributed by atoms with Gasteiger partial charge in [-0.05, 0) is 69.2 Å². The Hall–Kier alpha value is -3.07. The van der Waals surface area contributed by atoms with E-state index in [1.54, 1.807) is 50.2 Å². The maximum Gasteiger partial charge on any atom is 0.338 e. The Kier molecular flexibility index (Phi) is 7.67. The summed E-state index contributed by atoms with van der Waals surface area (Å²) in [4.78, 5) is 24.9. The number of rotatable bonds is 8. The molecule has 0 fully saturated rings. The number of sulfonamides is 1. The minimum Gasteiger partial charge on any atom is -0.495 e. The average molecular weight is 449 g/mol. The summed E-state index contributed by atoms with van der Waals surface area (Å²) in [5, 5.41) is 2.74. The molecule has 0 bridgehead atoms. The highest BCUT2D eigenvalue weighted by atomic mass is 32.2. The molecule has 2 rings (SSSR count). The number of hydrogen-bond acceptors (Lipinski definition) is 6. The van der Waals surface area contributed by atoms with Crippen molar-refractivity contribution in [2.24, 2.45) is 0 Å². The van der Waals surface area contributed by atoms with E-state index in [2.05, 4.69) is 5.32 Å². The minimum atomic E-state index is -3.81. The fraction of sp³-hybridized carbons (Fsp3) is 0.364. The third-order valence-corrected chi connectivity index (χ3v) is 5.88. The van der Waals surface area contributed by atoms with E-state index in [0.29, 0.717) is 22.6 Å². The SMILES string of the molecule is CCOC(=O)c1ccc(NC(=O)[C@@H](C)N(c2cc(C)ccc2OC)S(C)(=O)=O)c(C)c1. The third kappa shape index (κ3) is 5.75. The van der Waals surface area contributed by atoms with E-state index < -0.39 is 27.9 Å². The standard InChI is InChI=1S/C22H28N2O6S/c1-7-30-22(26)17-9-10-18(15(3)13-17)23-21(25)16(4)24(31(6,27)28)19-12-14(2)8-11-20(19)29-5/h8-13,16H,7H2,1-6H3,(H,23,25)/t16-/m1/s1. The summed E-state index contributed by atoms with van der Waals surface area (Å²) >= 11 is 0. The van der Waals surface area contributed by atoms with E-state index in [9.17, 15) is 18.0 Å². The van der Waals surface area contributed by atoms with Crippen molar-refractivity contribution in [3.05, 3.63) is 53.1 Å². The zero-order chi connectivity index (χ0) is 23.3. The number of nitrogens with zero attached hydrogens (tertiary/aromatic N) is 1. The number of hydrogen-bond donors (Lipinski definition) is 1. The number of amides is 1. The number of ether oxygens (including phenoxy) is 2. The van der Waals surface area contributed by atoms with Gasteiger partial charge in [0.05, 0.1) is 31.2 Å². The van der Waals surface area contributed by atoms with Crippen molar-refractivity contribution < 1.29 is 27.5 Å². The molecule has 1 atom stereocenters. The van der Waals surface area contributed by atoms with Crippen molar-refractivity contribution in [3.8, 4) is 5.75 Å². The van der Waals surface area contributed by atoms with Crippen LogP contribution in [-0.2, 0) is 19.6 Å². The number of carbonyl (C=O) groups excluding carboxylic acids is 2. The Bertz CT molecular complexity index is 1080. The van der Waals surface area contributed by atoms with Gasteiger partial charge in [-0.1, -0.05) is 6.07 Å². The molecule has 0 aromatic heterocycles. The number of esters is 1. The third-order valence-electron chi connectivity index (χ3n) is 4.66. The second kappa shape index (κ2) is 9.82. The van der Waals surface area contributed by atoms with E-state index in [-0.39, 0.29) is 12.3 Å². The van der Waals surface area contributed by atoms with Crippen LogP contribution in [0.5, 0.6) is 5.75 Å². The number of anilines is 2. The van der Waals surface area contributed by atoms with Crippen LogP contribution in [0.4, 0.5) is 11.4 Å². The molecule has 0 saturated carbocycles. The lowest BCUT2D eigenvalue weighted by atomic mass is 10.1. The van der Waals surface area contributed by atoms with Gasteiger partial charge in [-0.15, -0.1) is 0 Å². The van der Waals surface area contributed by atoms with E-state index in [0.717, 1.165) is 16.1 Å². The largest absolute Gasteiger partial charge is 0.495 e. The number of methoxy groups -OCH3 is 1. The molecular weight excluding hydrogens is 420 g/mol. The first kappa shape index (κ1) is 24.2. The molecule has 1 N–H and O–H groups in total. The Labute approximate surface area is 183 Å². The summed E-state index contributed by atoms with van der Waals surface area (Å²) in [5.74, 6) is -0.641. The number of aryl methyl sites for hydroxylation is 2. The summed E-state index contributed by atoms with van der Waals surface area (Å²) in [5.41, 5.74) is 2.58. The summed E-state index contributed by atoms with van der Waals surface area (Å²) in [6, 6.07) is 8.79. The van der Waals surface area contributed by atoms with Gasteiger partial charge in [0.2, 0.25) is 15.9 Å². The second-order valence-corrected chi connectivity index (χ2v) is 9.01. The van der Waals surface area contributed by atoms with E-state index in [1.165, 1.54) is 14.0 Å². The highest BCUT2D eigenvalue weighted by Crippen LogP contribution is 2.33. The monoisotopic (exact) mass is 448 g/mol. The number of nitrogens with one attached hydrogen (secondary N) is 1. The topological polar surface area (TPSA) is 102 Å². The molecular formula is C22H28N2O6S. The summed E-state index contributed by atoms with van der Waals surface area (Å²) in [6.45, 7) is 7.04. The van der Waals surface area contributed by atoms with Gasteiger partial charge < -0.3 is 14.8 Å². The normalized spacial score (nSPS) is 12.1. The molecule has 0 aliphatic rings. The highest BCUT2D eigenvalue weighted by molar-refractivity contribution is 7.92. The number of benzene rings is 2. The maximum absolute atomic E-state index is 13.0. The van der Waals surface area contributed by atoms with Crippen LogP contribution < -0.4 is 14.4 Å². The molecule has 0 radical (unpaired) electrons. The molecule has 2 aromatic carbocycles. The lowest BCUT2D eigenvalue weighted by molar-refractivity contribution is -0.116. The molecule has 2 aromatic rings. The van der Waals surface area contributed by atoms with Crippen molar-refractivity contribution >= 4 is 33.3 Å². The predicted octanol–water partition coefficient (Wildman–Crippen LogP) is 3.28. The van der Waals surface area contributed by atoms with Crippen molar-refractivity contribution in [2.45, 2.75) is 33.7 Å². The Morgan fingerprint density at radius 3 is 2.35 bits per heavy atom. The highest BCUT2D eigenvalue weighted by Gasteiger charge is 2.31. The van der Waals surface area contributed by atoms with Gasteiger partial charge in [0, 0.05) is 5.69 Å². The van der Waals surface area contributed by atoms with Gasteiger partial charge in [-0.2, -0.15) is 0 Å². The molecule has 8 nitrogen and oxygen atoms in total. The molecule has 168 valence electrons. The summed E-state index contributed by atoms with van der Waals surface area (Å²) in [7, 11) is -2.37. The number of carbonyl (C=O) groups is 2. The van der Waals surface area contributed by atoms with Crippen molar-refractivity contribution in [2.75, 3.05) is 29.6 Å². The molecule has 0 aliphatic heterocycles. The molecule has 31 heavy (non-hydrogen) atoms. The van der Waals surface area contributed by atoms with E-state index >= 15 is 0 Å². The maximum atomic E-state index is 13.0. The first-order valence-electron chi connectivity index (χ1n) is 9.72. The zero-order valence-corrected chi connectivity index (χ0v) is 19.4. The molecule has 0 spiro atoms. The van der Waals surface area contributed by atoms with Gasteiger partial charge in [-0.25, -0.2) is 13.2 Å². The van der Waals surface area contributed by atoms with Gasteiger partial charge in [0.15, 0.2) is 0 Å². The first-order valence-corrected chi connectivity index (χ1v) is 11.6. The van der Waals surface area contributed by atoms with Crippen molar-refractivity contribution in [1.29, 1.82) is 0 Å². The van der Waals surface area contributed by atoms with Crippen LogP contribution in [0.15, 0.2) is 36.4 Å². The summed E-state index contributed by atoms with van der Waals surface area (Å²) in [6.07, 6.45) is 1.04. The van der Waals surface area contributed by atoms with Crippen LogP contribution in [0.25, 0.3) is 0 Å². The predicted molar refractivity (Wildman–Crippen MR) is 120 cm³/mol. The average Bonchev–Trinajstić information content (AvgIpc) is 2.68. The van der Waals surface area contributed by atoms with Gasteiger partial charge in [-0.3, -0.25) is 9.10 Å².